The number of hydrogen-bond donors (Lipinski definition) is 1. The maximum atomic E-state index is 13.6. The fraction of sp³-hybridized carbons (Fsp3) is 0.179. The predicted molar refractivity (Wildman–Crippen MR) is 128 cm³/mol. The SMILES string of the molecule is Cc1cccc([C@H]2c3cccn3-c3ccccc3CN2C(=O)NCCc2ccccc2)c1. The van der Waals surface area contributed by atoms with Crippen LogP contribution in [0.25, 0.3) is 5.69 Å². The van der Waals surface area contributed by atoms with Crippen LogP contribution in [0.15, 0.2) is 97.2 Å². The van der Waals surface area contributed by atoms with E-state index in [1.54, 1.807) is 0 Å². The molecule has 4 aromatic rings. The Morgan fingerprint density at radius 1 is 0.938 bits per heavy atom. The zero-order valence-electron chi connectivity index (χ0n) is 18.2. The molecule has 3 aromatic carbocycles. The number of urea groups is 1. The smallest absolute Gasteiger partial charge is 0.318 e. The van der Waals surface area contributed by atoms with Gasteiger partial charge in [0.05, 0.1) is 18.3 Å². The van der Waals surface area contributed by atoms with Crippen molar-refractivity contribution >= 4 is 6.03 Å². The predicted octanol–water partition coefficient (Wildman–Crippen LogP) is 5.64. The van der Waals surface area contributed by atoms with E-state index in [9.17, 15) is 4.79 Å². The van der Waals surface area contributed by atoms with Crippen LogP contribution >= 0.6 is 0 Å². The molecule has 1 aromatic heterocycles. The zero-order chi connectivity index (χ0) is 21.9. The molecule has 160 valence electrons. The number of aryl methyl sites for hydroxylation is 1. The average molecular weight is 422 g/mol. The van der Waals surface area contributed by atoms with Crippen molar-refractivity contribution in [1.29, 1.82) is 0 Å². The fourth-order valence-electron chi connectivity index (χ4n) is 4.59. The van der Waals surface area contributed by atoms with Gasteiger partial charge in [-0.1, -0.05) is 78.4 Å². The van der Waals surface area contributed by atoms with Crippen LogP contribution in [0.5, 0.6) is 0 Å². The monoisotopic (exact) mass is 421 g/mol. The van der Waals surface area contributed by atoms with E-state index in [2.05, 4.69) is 89.7 Å². The van der Waals surface area contributed by atoms with Gasteiger partial charge in [-0.25, -0.2) is 4.79 Å². The average Bonchev–Trinajstić information content (AvgIpc) is 3.24. The van der Waals surface area contributed by atoms with E-state index >= 15 is 0 Å². The second-order valence-electron chi connectivity index (χ2n) is 8.34. The summed E-state index contributed by atoms with van der Waals surface area (Å²) >= 11 is 0. The van der Waals surface area contributed by atoms with Gasteiger partial charge in [-0.15, -0.1) is 0 Å². The number of para-hydroxylation sites is 1. The van der Waals surface area contributed by atoms with Crippen molar-refractivity contribution in [3.63, 3.8) is 0 Å². The first kappa shape index (κ1) is 20.1. The molecule has 4 heteroatoms. The number of carbonyl (C=O) groups excluding carboxylic acids is 1. The molecule has 1 atom stereocenters. The van der Waals surface area contributed by atoms with Gasteiger partial charge in [-0.3, -0.25) is 0 Å². The minimum Gasteiger partial charge on any atom is -0.338 e. The molecule has 0 saturated heterocycles. The Kier molecular flexibility index (Phi) is 5.51. The number of carbonyl (C=O) groups is 1. The van der Waals surface area contributed by atoms with Crippen molar-refractivity contribution in [3.05, 3.63) is 125 Å². The summed E-state index contributed by atoms with van der Waals surface area (Å²) in [5.41, 5.74) is 6.89. The molecule has 0 bridgehead atoms. The summed E-state index contributed by atoms with van der Waals surface area (Å²) in [4.78, 5) is 15.5. The number of hydrogen-bond acceptors (Lipinski definition) is 1. The van der Waals surface area contributed by atoms with Crippen LogP contribution in [0.2, 0.25) is 0 Å². The van der Waals surface area contributed by atoms with E-state index in [4.69, 9.17) is 0 Å². The molecular formula is C28H27N3O. The quantitative estimate of drug-likeness (QED) is 0.455. The Labute approximate surface area is 189 Å². The molecule has 5 rings (SSSR count). The summed E-state index contributed by atoms with van der Waals surface area (Å²) in [5.74, 6) is 0. The summed E-state index contributed by atoms with van der Waals surface area (Å²) in [6.45, 7) is 3.24. The highest BCUT2D eigenvalue weighted by atomic mass is 16.2. The van der Waals surface area contributed by atoms with Gasteiger partial charge in [-0.2, -0.15) is 0 Å². The van der Waals surface area contributed by atoms with Gasteiger partial charge in [0.2, 0.25) is 0 Å². The Morgan fingerprint density at radius 3 is 2.59 bits per heavy atom. The van der Waals surface area contributed by atoms with Crippen LogP contribution in [0.1, 0.15) is 34.0 Å². The molecule has 1 N–H and O–H groups in total. The van der Waals surface area contributed by atoms with E-state index < -0.39 is 0 Å². The summed E-state index contributed by atoms with van der Waals surface area (Å²) in [5, 5.41) is 3.17. The molecule has 32 heavy (non-hydrogen) atoms. The molecule has 0 spiro atoms. The molecule has 0 unspecified atom stereocenters. The van der Waals surface area contributed by atoms with Crippen molar-refractivity contribution in [2.45, 2.75) is 25.9 Å². The molecule has 2 heterocycles. The van der Waals surface area contributed by atoms with Gasteiger partial charge in [0, 0.05) is 18.4 Å². The molecule has 2 amide bonds. The van der Waals surface area contributed by atoms with E-state index in [1.165, 1.54) is 11.1 Å². The first-order valence-corrected chi connectivity index (χ1v) is 11.1. The fourth-order valence-corrected chi connectivity index (χ4v) is 4.59. The lowest BCUT2D eigenvalue weighted by molar-refractivity contribution is 0.180. The van der Waals surface area contributed by atoms with Crippen molar-refractivity contribution < 1.29 is 4.79 Å². The normalized spacial score (nSPS) is 14.9. The van der Waals surface area contributed by atoms with Crippen LogP contribution in [-0.2, 0) is 13.0 Å². The third kappa shape index (κ3) is 3.92. The van der Waals surface area contributed by atoms with Gasteiger partial charge in [-0.05, 0) is 48.2 Å². The van der Waals surface area contributed by atoms with Gasteiger partial charge in [0.25, 0.3) is 0 Å². The first-order chi connectivity index (χ1) is 15.7. The van der Waals surface area contributed by atoms with Gasteiger partial charge in [0.15, 0.2) is 0 Å². The molecular weight excluding hydrogens is 394 g/mol. The molecule has 1 aliphatic heterocycles. The maximum absolute atomic E-state index is 13.6. The maximum Gasteiger partial charge on any atom is 0.318 e. The van der Waals surface area contributed by atoms with Crippen LogP contribution in [0.4, 0.5) is 4.79 Å². The Morgan fingerprint density at radius 2 is 1.75 bits per heavy atom. The largest absolute Gasteiger partial charge is 0.338 e. The van der Waals surface area contributed by atoms with E-state index in [-0.39, 0.29) is 12.1 Å². The number of rotatable bonds is 4. The number of fused-ring (bicyclic) bond motifs is 3. The minimum absolute atomic E-state index is 0.0445. The number of nitrogens with zero attached hydrogens (tertiary/aromatic N) is 2. The highest BCUT2D eigenvalue weighted by Crippen LogP contribution is 2.36. The van der Waals surface area contributed by atoms with Crippen molar-refractivity contribution in [2.75, 3.05) is 6.54 Å². The summed E-state index contributed by atoms with van der Waals surface area (Å²) < 4.78 is 2.22. The minimum atomic E-state index is -0.172. The second-order valence-corrected chi connectivity index (χ2v) is 8.34. The van der Waals surface area contributed by atoms with Crippen LogP contribution < -0.4 is 5.32 Å². The molecule has 1 aliphatic rings. The lowest BCUT2D eigenvalue weighted by Gasteiger charge is -2.31. The number of nitrogens with one attached hydrogen (secondary N) is 1. The Hall–Kier alpha value is -3.79. The van der Waals surface area contributed by atoms with Crippen molar-refractivity contribution in [1.82, 2.24) is 14.8 Å². The first-order valence-electron chi connectivity index (χ1n) is 11.1. The lowest BCUT2D eigenvalue weighted by Crippen LogP contribution is -2.42. The molecule has 0 aliphatic carbocycles. The Balaban J connectivity index is 1.50. The van der Waals surface area contributed by atoms with Crippen LogP contribution in [0, 0.1) is 6.92 Å². The van der Waals surface area contributed by atoms with Crippen LogP contribution in [-0.4, -0.2) is 22.0 Å². The van der Waals surface area contributed by atoms with E-state index in [1.807, 2.05) is 29.2 Å². The third-order valence-corrected chi connectivity index (χ3v) is 6.12. The summed E-state index contributed by atoms with van der Waals surface area (Å²) in [6, 6.07) is 31.0. The van der Waals surface area contributed by atoms with Gasteiger partial charge >= 0.3 is 6.03 Å². The van der Waals surface area contributed by atoms with E-state index in [0.29, 0.717) is 13.1 Å². The molecule has 4 nitrogen and oxygen atoms in total. The third-order valence-electron chi connectivity index (χ3n) is 6.12. The zero-order valence-corrected chi connectivity index (χ0v) is 18.2. The second kappa shape index (κ2) is 8.75. The highest BCUT2D eigenvalue weighted by Gasteiger charge is 2.32. The highest BCUT2D eigenvalue weighted by molar-refractivity contribution is 5.76. The topological polar surface area (TPSA) is 37.3 Å². The van der Waals surface area contributed by atoms with E-state index in [0.717, 1.165) is 28.9 Å². The summed E-state index contributed by atoms with van der Waals surface area (Å²) in [7, 11) is 0. The number of aromatic nitrogens is 1. The number of benzene rings is 3. The van der Waals surface area contributed by atoms with Gasteiger partial charge < -0.3 is 14.8 Å². The van der Waals surface area contributed by atoms with Crippen molar-refractivity contribution in [3.8, 4) is 5.69 Å². The molecule has 0 radical (unpaired) electrons. The molecule has 0 saturated carbocycles. The molecule has 0 fully saturated rings. The summed E-state index contributed by atoms with van der Waals surface area (Å²) in [6.07, 6.45) is 2.90. The Bertz CT molecular complexity index is 1230. The van der Waals surface area contributed by atoms with Gasteiger partial charge in [0.1, 0.15) is 0 Å². The lowest BCUT2D eigenvalue weighted by atomic mass is 10.00. The number of amides is 2. The van der Waals surface area contributed by atoms with Crippen molar-refractivity contribution in [2.24, 2.45) is 0 Å². The van der Waals surface area contributed by atoms with Crippen LogP contribution in [0.3, 0.4) is 0 Å². The standard InChI is InChI=1S/C28H27N3O/c1-21-9-7-13-23(19-21)27-26-15-8-18-30(26)25-14-6-5-12-24(25)20-31(27)28(32)29-17-16-22-10-3-2-4-11-22/h2-15,18-19,27H,16-17,20H2,1H3,(H,29,32)/t27-/m0/s1.